The van der Waals surface area contributed by atoms with Crippen molar-refractivity contribution in [1.82, 2.24) is 15.3 Å². The van der Waals surface area contributed by atoms with Gasteiger partial charge in [0.05, 0.1) is 11.6 Å². The van der Waals surface area contributed by atoms with Crippen LogP contribution in [0.3, 0.4) is 0 Å². The first-order valence-corrected chi connectivity index (χ1v) is 3.80. The molecule has 0 atom stereocenters. The number of nitrogens with zero attached hydrogens (tertiary/aromatic N) is 2. The molecule has 1 N–H and O–H groups in total. The van der Waals surface area contributed by atoms with E-state index in [1.54, 1.807) is 0 Å². The lowest BCUT2D eigenvalue weighted by atomic mass is 10.4. The summed E-state index contributed by atoms with van der Waals surface area (Å²) in [4.78, 5) is 18.6. The maximum absolute atomic E-state index is 11.2. The minimum Gasteiger partial charge on any atom is -0.340 e. The van der Waals surface area contributed by atoms with Gasteiger partial charge in [-0.3, -0.25) is 4.79 Å². The first-order chi connectivity index (χ1) is 6.25. The number of amides is 1. The molecule has 1 heterocycles. The lowest BCUT2D eigenvalue weighted by Crippen LogP contribution is -2.24. The minimum atomic E-state index is -0.398. The molecule has 66 valence electrons. The van der Waals surface area contributed by atoms with Crippen LogP contribution in [0.5, 0.6) is 0 Å². The van der Waals surface area contributed by atoms with Crippen LogP contribution in [0, 0.1) is 12.3 Å². The molecule has 4 nitrogen and oxygen atoms in total. The average Bonchev–Trinajstić information content (AvgIpc) is 2.15. The molecule has 1 aromatic heterocycles. The van der Waals surface area contributed by atoms with Crippen molar-refractivity contribution in [3.05, 3.63) is 23.2 Å². The van der Waals surface area contributed by atoms with E-state index >= 15 is 0 Å². The fourth-order valence-electron chi connectivity index (χ4n) is 0.695. The number of hydrogen-bond donors (Lipinski definition) is 1. The van der Waals surface area contributed by atoms with E-state index in [-0.39, 0.29) is 17.3 Å². The topological polar surface area (TPSA) is 54.9 Å². The Hall–Kier alpha value is -1.60. The van der Waals surface area contributed by atoms with E-state index in [0.29, 0.717) is 0 Å². The molecule has 0 aliphatic heterocycles. The van der Waals surface area contributed by atoms with Crippen LogP contribution in [0.2, 0.25) is 5.02 Å². The average molecular weight is 196 g/mol. The summed E-state index contributed by atoms with van der Waals surface area (Å²) >= 11 is 5.66. The molecular weight excluding hydrogens is 190 g/mol. The molecule has 13 heavy (non-hydrogen) atoms. The Morgan fingerprint density at radius 3 is 3.15 bits per heavy atom. The highest BCUT2D eigenvalue weighted by Gasteiger charge is 2.09. The minimum absolute atomic E-state index is 0.131. The summed E-state index contributed by atoms with van der Waals surface area (Å²) in [5.41, 5.74) is 0.131. The predicted molar refractivity (Wildman–Crippen MR) is 48.2 cm³/mol. The molecule has 0 saturated carbocycles. The van der Waals surface area contributed by atoms with Crippen LogP contribution in [0.1, 0.15) is 10.5 Å². The maximum atomic E-state index is 11.2. The quantitative estimate of drug-likeness (QED) is 0.699. The first kappa shape index (κ1) is 9.49. The summed E-state index contributed by atoms with van der Waals surface area (Å²) in [6, 6.07) is 0. The van der Waals surface area contributed by atoms with Gasteiger partial charge in [0.1, 0.15) is 12.0 Å². The number of terminal acetylenes is 1. The van der Waals surface area contributed by atoms with Crippen molar-refractivity contribution in [3.8, 4) is 12.3 Å². The monoisotopic (exact) mass is 195 g/mol. The molecule has 0 aliphatic carbocycles. The van der Waals surface area contributed by atoms with Crippen molar-refractivity contribution >= 4 is 17.5 Å². The van der Waals surface area contributed by atoms with Gasteiger partial charge in [-0.1, -0.05) is 17.5 Å². The van der Waals surface area contributed by atoms with Gasteiger partial charge in [0.2, 0.25) is 0 Å². The lowest BCUT2D eigenvalue weighted by molar-refractivity contribution is 0.0953. The highest BCUT2D eigenvalue weighted by Crippen LogP contribution is 2.09. The van der Waals surface area contributed by atoms with Crippen molar-refractivity contribution in [2.45, 2.75) is 0 Å². The second-order valence-electron chi connectivity index (χ2n) is 2.11. The molecule has 5 heteroatoms. The Bertz CT molecular complexity index is 359. The number of aromatic nitrogens is 2. The van der Waals surface area contributed by atoms with Crippen LogP contribution in [-0.2, 0) is 0 Å². The van der Waals surface area contributed by atoms with E-state index in [0.717, 1.165) is 0 Å². The van der Waals surface area contributed by atoms with Gasteiger partial charge in [-0.15, -0.1) is 6.42 Å². The zero-order chi connectivity index (χ0) is 9.68. The molecule has 0 radical (unpaired) electrons. The van der Waals surface area contributed by atoms with Crippen LogP contribution < -0.4 is 5.32 Å². The van der Waals surface area contributed by atoms with Gasteiger partial charge >= 0.3 is 0 Å². The van der Waals surface area contributed by atoms with E-state index in [1.165, 1.54) is 12.5 Å². The number of carbonyl (C=O) groups is 1. The Kier molecular flexibility index (Phi) is 3.23. The first-order valence-electron chi connectivity index (χ1n) is 3.43. The molecule has 1 amide bonds. The molecule has 1 rings (SSSR count). The number of nitrogens with one attached hydrogen (secondary N) is 1. The third-order valence-corrected chi connectivity index (χ3v) is 1.51. The highest BCUT2D eigenvalue weighted by molar-refractivity contribution is 6.33. The van der Waals surface area contributed by atoms with Crippen LogP contribution in [0.25, 0.3) is 0 Å². The lowest BCUT2D eigenvalue weighted by Gasteiger charge is -2.00. The van der Waals surface area contributed by atoms with Crippen molar-refractivity contribution in [1.29, 1.82) is 0 Å². The van der Waals surface area contributed by atoms with Crippen LogP contribution in [0.4, 0.5) is 0 Å². The summed E-state index contributed by atoms with van der Waals surface area (Å²) in [7, 11) is 0. The summed E-state index contributed by atoms with van der Waals surface area (Å²) in [5, 5.41) is 2.65. The predicted octanol–water partition coefficient (Wildman–Crippen LogP) is 0.493. The maximum Gasteiger partial charge on any atom is 0.272 e. The normalized spacial score (nSPS) is 8.92. The molecule has 0 bridgehead atoms. The van der Waals surface area contributed by atoms with Gasteiger partial charge in [0.15, 0.2) is 0 Å². The largest absolute Gasteiger partial charge is 0.340 e. The van der Waals surface area contributed by atoms with Crippen molar-refractivity contribution in [2.75, 3.05) is 6.54 Å². The molecule has 0 spiro atoms. The van der Waals surface area contributed by atoms with Crippen molar-refractivity contribution in [3.63, 3.8) is 0 Å². The third kappa shape index (κ3) is 2.42. The molecule has 1 aromatic rings. The number of carbonyl (C=O) groups excluding carboxylic acids is 1. The van der Waals surface area contributed by atoms with E-state index in [4.69, 9.17) is 18.0 Å². The Labute approximate surface area is 80.3 Å². The van der Waals surface area contributed by atoms with Gasteiger partial charge in [-0.2, -0.15) is 0 Å². The SMILES string of the molecule is C#CCNC(=O)c1ncncc1Cl. The van der Waals surface area contributed by atoms with E-state index in [1.807, 2.05) is 0 Å². The standard InChI is InChI=1S/C8H6ClN3O/c1-2-3-11-8(13)7-6(9)4-10-5-12-7/h1,4-5H,3H2,(H,11,13). The van der Waals surface area contributed by atoms with Gasteiger partial charge in [0, 0.05) is 6.20 Å². The zero-order valence-electron chi connectivity index (χ0n) is 6.62. The molecule has 0 aliphatic rings. The summed E-state index contributed by atoms with van der Waals surface area (Å²) in [6.07, 6.45) is 7.56. The molecule has 0 fully saturated rings. The van der Waals surface area contributed by atoms with Gasteiger partial charge in [-0.05, 0) is 0 Å². The van der Waals surface area contributed by atoms with Crippen LogP contribution >= 0.6 is 11.6 Å². The Balaban J connectivity index is 2.78. The van der Waals surface area contributed by atoms with Crippen LogP contribution in [0.15, 0.2) is 12.5 Å². The van der Waals surface area contributed by atoms with Crippen molar-refractivity contribution < 1.29 is 4.79 Å². The van der Waals surface area contributed by atoms with Crippen LogP contribution in [-0.4, -0.2) is 22.4 Å². The highest BCUT2D eigenvalue weighted by atomic mass is 35.5. The number of halogens is 1. The number of hydrogen-bond acceptors (Lipinski definition) is 3. The van der Waals surface area contributed by atoms with E-state index < -0.39 is 5.91 Å². The van der Waals surface area contributed by atoms with Gasteiger partial charge in [-0.25, -0.2) is 9.97 Å². The molecule has 0 saturated heterocycles. The molecule has 0 aromatic carbocycles. The van der Waals surface area contributed by atoms with Crippen molar-refractivity contribution in [2.24, 2.45) is 0 Å². The van der Waals surface area contributed by atoms with Gasteiger partial charge in [0.25, 0.3) is 5.91 Å². The zero-order valence-corrected chi connectivity index (χ0v) is 7.38. The smallest absolute Gasteiger partial charge is 0.272 e. The fourth-order valence-corrected chi connectivity index (χ4v) is 0.886. The summed E-state index contributed by atoms with van der Waals surface area (Å²) in [6.45, 7) is 0.152. The van der Waals surface area contributed by atoms with E-state index in [2.05, 4.69) is 21.2 Å². The Morgan fingerprint density at radius 1 is 1.77 bits per heavy atom. The Morgan fingerprint density at radius 2 is 2.54 bits per heavy atom. The third-order valence-electron chi connectivity index (χ3n) is 1.23. The fraction of sp³-hybridized carbons (Fsp3) is 0.125. The van der Waals surface area contributed by atoms with Gasteiger partial charge < -0.3 is 5.32 Å². The second-order valence-corrected chi connectivity index (χ2v) is 2.51. The molecular formula is C8H6ClN3O. The summed E-state index contributed by atoms with van der Waals surface area (Å²) in [5.74, 6) is 1.87. The number of rotatable bonds is 2. The summed E-state index contributed by atoms with van der Waals surface area (Å²) < 4.78 is 0. The van der Waals surface area contributed by atoms with E-state index in [9.17, 15) is 4.79 Å². The second kappa shape index (κ2) is 4.43. The molecule has 0 unspecified atom stereocenters.